The van der Waals surface area contributed by atoms with Gasteiger partial charge in [-0.15, -0.1) is 0 Å². The number of benzene rings is 1. The zero-order chi connectivity index (χ0) is 22.6. The third kappa shape index (κ3) is 4.94. The first-order valence-corrected chi connectivity index (χ1v) is 12.5. The zero-order valence-corrected chi connectivity index (χ0v) is 19.6. The summed E-state index contributed by atoms with van der Waals surface area (Å²) in [5, 5.41) is 14.1. The second-order valence-electron chi connectivity index (χ2n) is 10.0. The fourth-order valence-electron chi connectivity index (χ4n) is 5.87. The fourth-order valence-corrected chi connectivity index (χ4v) is 5.87. The number of ketones is 1. The van der Waals surface area contributed by atoms with Gasteiger partial charge in [0, 0.05) is 24.5 Å². The van der Waals surface area contributed by atoms with Crippen LogP contribution in [-0.2, 0) is 4.79 Å². The Hall–Kier alpha value is -2.10. The van der Waals surface area contributed by atoms with Gasteiger partial charge in [-0.05, 0) is 68.1 Å². The lowest BCUT2D eigenvalue weighted by atomic mass is 9.75. The minimum Gasteiger partial charge on any atom is -0.497 e. The van der Waals surface area contributed by atoms with Gasteiger partial charge in [0.05, 0.1) is 13.2 Å². The molecule has 4 rings (SSSR count). The largest absolute Gasteiger partial charge is 0.497 e. The Labute approximate surface area is 192 Å². The van der Waals surface area contributed by atoms with Crippen LogP contribution in [0.1, 0.15) is 82.7 Å². The number of methoxy groups -OCH3 is 1. The first kappa shape index (κ1) is 23.1. The van der Waals surface area contributed by atoms with Gasteiger partial charge in [0.15, 0.2) is 12.0 Å². The molecule has 1 aromatic rings. The molecule has 1 aromatic carbocycles. The van der Waals surface area contributed by atoms with Crippen molar-refractivity contribution in [2.45, 2.75) is 89.3 Å². The van der Waals surface area contributed by atoms with Gasteiger partial charge >= 0.3 is 0 Å². The highest BCUT2D eigenvalue weighted by atomic mass is 16.5. The summed E-state index contributed by atoms with van der Waals surface area (Å²) in [7, 11) is 1.68. The molecule has 0 amide bonds. The van der Waals surface area contributed by atoms with Crippen molar-refractivity contribution in [3.8, 4) is 11.9 Å². The van der Waals surface area contributed by atoms with Crippen LogP contribution in [0, 0.1) is 22.8 Å². The maximum atomic E-state index is 13.6. The van der Waals surface area contributed by atoms with Crippen molar-refractivity contribution in [1.29, 1.82) is 5.26 Å². The van der Waals surface area contributed by atoms with Crippen LogP contribution in [0.4, 0.5) is 0 Å². The predicted octanol–water partition coefficient (Wildman–Crippen LogP) is 4.48. The number of hydrogen-bond donors (Lipinski definition) is 2. The van der Waals surface area contributed by atoms with Crippen LogP contribution in [0.15, 0.2) is 24.3 Å². The maximum absolute atomic E-state index is 13.6. The summed E-state index contributed by atoms with van der Waals surface area (Å²) in [4.78, 5) is 13.6. The lowest BCUT2D eigenvalue weighted by molar-refractivity contribution is -0.129. The summed E-state index contributed by atoms with van der Waals surface area (Å²) in [6.45, 7) is 3.15. The number of ether oxygens (including phenoxy) is 1. The van der Waals surface area contributed by atoms with E-state index in [-0.39, 0.29) is 23.4 Å². The smallest absolute Gasteiger partial charge is 0.176 e. The molecule has 1 spiro atoms. The van der Waals surface area contributed by atoms with Crippen molar-refractivity contribution in [2.24, 2.45) is 11.3 Å². The van der Waals surface area contributed by atoms with E-state index in [1.54, 1.807) is 7.11 Å². The first-order chi connectivity index (χ1) is 15.6. The number of nitriles is 1. The van der Waals surface area contributed by atoms with Crippen LogP contribution >= 0.6 is 0 Å². The standard InChI is InChI=1S/C26H38N4O2/c1-3-4-5-6-15-30-23(16-22(29-30)19-7-9-21(32-2)10-8-19)25(31)20-11-13-26(14-12-20)17-24(26)28-18-27/h7-10,20,22-24,28-29H,3-6,11-17H2,1-2H3. The van der Waals surface area contributed by atoms with Crippen LogP contribution in [-0.4, -0.2) is 36.5 Å². The molecule has 3 fully saturated rings. The number of carbonyl (C=O) groups excluding carboxylic acids is 1. The number of rotatable bonds is 10. The monoisotopic (exact) mass is 438 g/mol. The Bertz CT molecular complexity index is 810. The Kier molecular flexibility index (Phi) is 7.37. The van der Waals surface area contributed by atoms with E-state index in [4.69, 9.17) is 10.00 Å². The number of hydrazine groups is 1. The van der Waals surface area contributed by atoms with E-state index in [0.717, 1.165) is 57.2 Å². The van der Waals surface area contributed by atoms with E-state index < -0.39 is 0 Å². The van der Waals surface area contributed by atoms with E-state index in [2.05, 4.69) is 41.0 Å². The highest BCUT2D eigenvalue weighted by molar-refractivity contribution is 5.86. The Morgan fingerprint density at radius 2 is 2.00 bits per heavy atom. The van der Waals surface area contributed by atoms with Gasteiger partial charge in [-0.3, -0.25) is 4.79 Å². The third-order valence-electron chi connectivity index (χ3n) is 8.07. The van der Waals surface area contributed by atoms with E-state index >= 15 is 0 Å². The number of unbranched alkanes of at least 4 members (excludes halogenated alkanes) is 3. The van der Waals surface area contributed by atoms with Crippen LogP contribution in [0.5, 0.6) is 5.75 Å². The molecule has 1 aliphatic heterocycles. The number of hydrogen-bond acceptors (Lipinski definition) is 6. The van der Waals surface area contributed by atoms with Gasteiger partial charge in [-0.2, -0.15) is 5.26 Å². The summed E-state index contributed by atoms with van der Waals surface area (Å²) in [5.74, 6) is 1.43. The predicted molar refractivity (Wildman–Crippen MR) is 125 cm³/mol. The highest BCUT2D eigenvalue weighted by Crippen LogP contribution is 2.57. The second kappa shape index (κ2) is 10.2. The van der Waals surface area contributed by atoms with E-state index in [1.165, 1.54) is 24.8 Å². The van der Waals surface area contributed by atoms with Gasteiger partial charge in [0.2, 0.25) is 0 Å². The van der Waals surface area contributed by atoms with Crippen molar-refractivity contribution < 1.29 is 9.53 Å². The molecular weight excluding hydrogens is 400 g/mol. The molecule has 2 aliphatic carbocycles. The van der Waals surface area contributed by atoms with Crippen LogP contribution < -0.4 is 15.5 Å². The molecule has 3 aliphatic rings. The van der Waals surface area contributed by atoms with Crippen LogP contribution in [0.2, 0.25) is 0 Å². The summed E-state index contributed by atoms with van der Waals surface area (Å²) in [6.07, 6.45) is 12.9. The van der Waals surface area contributed by atoms with Crippen molar-refractivity contribution in [3.63, 3.8) is 0 Å². The van der Waals surface area contributed by atoms with Gasteiger partial charge in [0.1, 0.15) is 5.75 Å². The van der Waals surface area contributed by atoms with E-state index in [9.17, 15) is 4.79 Å². The molecule has 32 heavy (non-hydrogen) atoms. The minimum absolute atomic E-state index is 0.0463. The zero-order valence-electron chi connectivity index (χ0n) is 19.6. The van der Waals surface area contributed by atoms with E-state index in [0.29, 0.717) is 11.8 Å². The summed E-state index contributed by atoms with van der Waals surface area (Å²) >= 11 is 0. The van der Waals surface area contributed by atoms with Crippen LogP contribution in [0.3, 0.4) is 0 Å². The fraction of sp³-hybridized carbons (Fsp3) is 0.692. The molecule has 1 heterocycles. The quantitative estimate of drug-likeness (QED) is 0.319. The molecule has 6 nitrogen and oxygen atoms in total. The molecule has 1 saturated heterocycles. The second-order valence-corrected chi connectivity index (χ2v) is 10.0. The normalized spacial score (nSPS) is 31.9. The third-order valence-corrected chi connectivity index (χ3v) is 8.07. The molecule has 2 saturated carbocycles. The average molecular weight is 439 g/mol. The lowest BCUT2D eigenvalue weighted by Gasteiger charge is -2.32. The Morgan fingerprint density at radius 3 is 2.66 bits per heavy atom. The van der Waals surface area contributed by atoms with Crippen molar-refractivity contribution in [3.05, 3.63) is 29.8 Å². The molecule has 3 unspecified atom stereocenters. The number of carbonyl (C=O) groups is 1. The molecular formula is C26H38N4O2. The highest BCUT2D eigenvalue weighted by Gasteiger charge is 2.56. The number of nitrogens with one attached hydrogen (secondary N) is 2. The minimum atomic E-state index is -0.0463. The molecule has 6 heteroatoms. The number of nitrogens with zero attached hydrogens (tertiary/aromatic N) is 2. The van der Waals surface area contributed by atoms with Crippen molar-refractivity contribution >= 4 is 5.78 Å². The van der Waals surface area contributed by atoms with Gasteiger partial charge in [0.25, 0.3) is 0 Å². The maximum Gasteiger partial charge on any atom is 0.176 e. The lowest BCUT2D eigenvalue weighted by Crippen LogP contribution is -2.45. The SMILES string of the molecule is CCCCCCN1NC(c2ccc(OC)cc2)CC1C(=O)C1CCC2(CC1)CC2NC#N. The molecule has 0 radical (unpaired) electrons. The van der Waals surface area contributed by atoms with Crippen LogP contribution in [0.25, 0.3) is 0 Å². The molecule has 0 aromatic heterocycles. The Morgan fingerprint density at radius 1 is 1.25 bits per heavy atom. The van der Waals surface area contributed by atoms with Gasteiger partial charge in [-0.1, -0.05) is 38.3 Å². The van der Waals surface area contributed by atoms with Crippen molar-refractivity contribution in [2.75, 3.05) is 13.7 Å². The van der Waals surface area contributed by atoms with Gasteiger partial charge in [-0.25, -0.2) is 10.4 Å². The van der Waals surface area contributed by atoms with E-state index in [1.807, 2.05) is 12.1 Å². The molecule has 2 N–H and O–H groups in total. The summed E-state index contributed by atoms with van der Waals surface area (Å²) in [5.41, 5.74) is 5.17. The number of Topliss-reactive ketones (excluding diaryl/α,β-unsaturated/α-hetero) is 1. The Balaban J connectivity index is 1.39. The average Bonchev–Trinajstić information content (AvgIpc) is 3.29. The first-order valence-electron chi connectivity index (χ1n) is 12.5. The van der Waals surface area contributed by atoms with Crippen molar-refractivity contribution in [1.82, 2.24) is 15.8 Å². The van der Waals surface area contributed by atoms with Gasteiger partial charge < -0.3 is 10.1 Å². The summed E-state index contributed by atoms with van der Waals surface area (Å²) in [6, 6.07) is 8.68. The molecule has 0 bridgehead atoms. The molecule has 174 valence electrons. The topological polar surface area (TPSA) is 77.4 Å². The molecule has 3 atom stereocenters. The summed E-state index contributed by atoms with van der Waals surface area (Å²) < 4.78 is 5.31.